The fourth-order valence-electron chi connectivity index (χ4n) is 2.25. The molecule has 0 fully saturated rings. The van der Waals surface area contributed by atoms with E-state index in [9.17, 15) is 9.59 Å². The van der Waals surface area contributed by atoms with Crippen molar-refractivity contribution in [2.24, 2.45) is 0 Å². The number of ether oxygens (including phenoxy) is 2. The van der Waals surface area contributed by atoms with E-state index in [0.29, 0.717) is 23.5 Å². The summed E-state index contributed by atoms with van der Waals surface area (Å²) >= 11 is 0. The largest absolute Gasteiger partial charge is 0.493 e. The summed E-state index contributed by atoms with van der Waals surface area (Å²) in [5.41, 5.74) is 2.31. The van der Waals surface area contributed by atoms with E-state index in [4.69, 9.17) is 9.47 Å². The predicted molar refractivity (Wildman–Crippen MR) is 93.6 cm³/mol. The van der Waals surface area contributed by atoms with Gasteiger partial charge in [0.25, 0.3) is 0 Å². The molecule has 0 saturated heterocycles. The van der Waals surface area contributed by atoms with E-state index in [1.165, 1.54) is 0 Å². The molecule has 4 heteroatoms. The lowest BCUT2D eigenvalue weighted by Gasteiger charge is -2.19. The van der Waals surface area contributed by atoms with Crippen LogP contribution in [0.2, 0.25) is 0 Å². The van der Waals surface area contributed by atoms with Gasteiger partial charge in [-0.2, -0.15) is 0 Å². The molecular weight excluding hydrogens is 304 g/mol. The Morgan fingerprint density at radius 1 is 1.08 bits per heavy atom. The zero-order valence-corrected chi connectivity index (χ0v) is 14.5. The van der Waals surface area contributed by atoms with Crippen LogP contribution in [0.3, 0.4) is 0 Å². The van der Waals surface area contributed by atoms with Crippen LogP contribution in [-0.2, 0) is 4.74 Å². The molecule has 0 aromatic heterocycles. The third kappa shape index (κ3) is 4.44. The highest BCUT2D eigenvalue weighted by Gasteiger charge is 2.18. The molecule has 126 valence electrons. The lowest BCUT2D eigenvalue weighted by Crippen LogP contribution is -2.23. The lowest BCUT2D eigenvalue weighted by atomic mass is 10.0. The molecule has 0 spiro atoms. The molecule has 0 aliphatic carbocycles. The Morgan fingerprint density at radius 2 is 1.75 bits per heavy atom. The third-order valence-corrected chi connectivity index (χ3v) is 3.27. The summed E-state index contributed by atoms with van der Waals surface area (Å²) in [5, 5.41) is 0. The highest BCUT2D eigenvalue weighted by Crippen LogP contribution is 2.31. The van der Waals surface area contributed by atoms with Gasteiger partial charge in [-0.25, -0.2) is 4.79 Å². The van der Waals surface area contributed by atoms with E-state index in [1.54, 1.807) is 24.3 Å². The van der Waals surface area contributed by atoms with Crippen molar-refractivity contribution in [3.8, 4) is 16.9 Å². The van der Waals surface area contributed by atoms with Crippen molar-refractivity contribution in [3.63, 3.8) is 0 Å². The molecule has 4 nitrogen and oxygen atoms in total. The van der Waals surface area contributed by atoms with E-state index in [2.05, 4.69) is 0 Å². The van der Waals surface area contributed by atoms with Crippen molar-refractivity contribution >= 4 is 12.3 Å². The summed E-state index contributed by atoms with van der Waals surface area (Å²) in [4.78, 5) is 23.0. The molecule has 0 amide bonds. The maximum absolute atomic E-state index is 12.1. The number of carbonyl (C=O) groups excluding carboxylic acids is 2. The first kappa shape index (κ1) is 17.7. The van der Waals surface area contributed by atoms with Crippen LogP contribution >= 0.6 is 0 Å². The molecule has 2 aromatic carbocycles. The van der Waals surface area contributed by atoms with E-state index < -0.39 is 5.60 Å². The smallest absolute Gasteiger partial charge is 0.338 e. The van der Waals surface area contributed by atoms with Gasteiger partial charge >= 0.3 is 5.97 Å². The Morgan fingerprint density at radius 3 is 2.29 bits per heavy atom. The van der Waals surface area contributed by atoms with Gasteiger partial charge in [0, 0.05) is 11.1 Å². The number of benzene rings is 2. The summed E-state index contributed by atoms with van der Waals surface area (Å²) < 4.78 is 11.0. The molecule has 0 unspecified atom stereocenters. The second-order valence-corrected chi connectivity index (χ2v) is 6.39. The van der Waals surface area contributed by atoms with Crippen LogP contribution in [0.25, 0.3) is 11.1 Å². The average Bonchev–Trinajstić information content (AvgIpc) is 2.53. The van der Waals surface area contributed by atoms with Crippen molar-refractivity contribution in [3.05, 3.63) is 53.6 Å². The van der Waals surface area contributed by atoms with Gasteiger partial charge in [-0.05, 0) is 57.5 Å². The van der Waals surface area contributed by atoms with Gasteiger partial charge in [-0.3, -0.25) is 4.79 Å². The van der Waals surface area contributed by atoms with Crippen molar-refractivity contribution in [1.82, 2.24) is 0 Å². The Bertz CT molecular complexity index is 724. The zero-order chi connectivity index (χ0) is 17.7. The maximum Gasteiger partial charge on any atom is 0.338 e. The van der Waals surface area contributed by atoms with Crippen LogP contribution < -0.4 is 4.74 Å². The second-order valence-electron chi connectivity index (χ2n) is 6.39. The first-order valence-electron chi connectivity index (χ1n) is 7.90. The molecule has 2 aromatic rings. The zero-order valence-electron chi connectivity index (χ0n) is 14.5. The normalized spacial score (nSPS) is 11.0. The Kier molecular flexibility index (Phi) is 5.39. The van der Waals surface area contributed by atoms with Crippen LogP contribution in [0.5, 0.6) is 5.75 Å². The molecule has 2 rings (SSSR count). The summed E-state index contributed by atoms with van der Waals surface area (Å²) in [6.45, 7) is 7.90. The van der Waals surface area contributed by atoms with Gasteiger partial charge in [0.2, 0.25) is 0 Å². The van der Waals surface area contributed by atoms with Crippen LogP contribution in [-0.4, -0.2) is 24.5 Å². The summed E-state index contributed by atoms with van der Waals surface area (Å²) in [5.74, 6) is 0.294. The summed E-state index contributed by atoms with van der Waals surface area (Å²) in [6.07, 6.45) is 0.790. The number of hydrogen-bond donors (Lipinski definition) is 0. The van der Waals surface area contributed by atoms with Crippen molar-refractivity contribution in [2.45, 2.75) is 33.3 Å². The Labute approximate surface area is 142 Å². The molecule has 0 heterocycles. The van der Waals surface area contributed by atoms with Crippen LogP contribution in [0.1, 0.15) is 48.4 Å². The van der Waals surface area contributed by atoms with E-state index in [0.717, 1.165) is 17.4 Å². The number of esters is 1. The Balaban J connectivity index is 2.31. The third-order valence-electron chi connectivity index (χ3n) is 3.27. The van der Waals surface area contributed by atoms with Crippen molar-refractivity contribution in [1.29, 1.82) is 0 Å². The molecule has 0 N–H and O–H groups in total. The molecule has 0 aliphatic heterocycles. The van der Waals surface area contributed by atoms with Crippen LogP contribution in [0.4, 0.5) is 0 Å². The molecule has 0 bridgehead atoms. The van der Waals surface area contributed by atoms with Crippen molar-refractivity contribution in [2.75, 3.05) is 6.61 Å². The van der Waals surface area contributed by atoms with E-state index in [1.807, 2.05) is 45.9 Å². The average molecular weight is 326 g/mol. The van der Waals surface area contributed by atoms with Gasteiger partial charge in [-0.15, -0.1) is 0 Å². The maximum atomic E-state index is 12.1. The van der Waals surface area contributed by atoms with E-state index in [-0.39, 0.29) is 5.97 Å². The van der Waals surface area contributed by atoms with Gasteiger partial charge < -0.3 is 9.47 Å². The first-order valence-corrected chi connectivity index (χ1v) is 7.90. The quantitative estimate of drug-likeness (QED) is 0.599. The SMILES string of the molecule is CCOc1cc(C=O)ccc1-c1ccc(C(=O)OC(C)(C)C)cc1. The monoisotopic (exact) mass is 326 g/mol. The molecular formula is C20H22O4. The predicted octanol–water partition coefficient (Wildman–Crippen LogP) is 4.52. The standard InChI is InChI=1S/C20H22O4/c1-5-23-18-12-14(13-21)6-11-17(18)15-7-9-16(10-8-15)19(22)24-20(2,3)4/h6-13H,5H2,1-4H3. The molecule has 24 heavy (non-hydrogen) atoms. The lowest BCUT2D eigenvalue weighted by molar-refractivity contribution is 0.00695. The van der Waals surface area contributed by atoms with Gasteiger partial charge in [0.05, 0.1) is 12.2 Å². The Hall–Kier alpha value is -2.62. The molecule has 0 saturated carbocycles. The number of rotatable bonds is 5. The van der Waals surface area contributed by atoms with Gasteiger partial charge in [0.1, 0.15) is 17.6 Å². The number of carbonyl (C=O) groups is 2. The van der Waals surface area contributed by atoms with E-state index >= 15 is 0 Å². The minimum absolute atomic E-state index is 0.351. The second kappa shape index (κ2) is 7.30. The van der Waals surface area contributed by atoms with Crippen LogP contribution in [0, 0.1) is 0 Å². The topological polar surface area (TPSA) is 52.6 Å². The first-order chi connectivity index (χ1) is 11.3. The molecule has 0 atom stereocenters. The van der Waals surface area contributed by atoms with Gasteiger partial charge in [-0.1, -0.05) is 18.2 Å². The summed E-state index contributed by atoms with van der Waals surface area (Å²) in [6, 6.07) is 12.5. The fourth-order valence-corrected chi connectivity index (χ4v) is 2.25. The number of hydrogen-bond acceptors (Lipinski definition) is 4. The minimum Gasteiger partial charge on any atom is -0.493 e. The number of aldehydes is 1. The molecule has 0 aliphatic rings. The van der Waals surface area contributed by atoms with Crippen molar-refractivity contribution < 1.29 is 19.1 Å². The highest BCUT2D eigenvalue weighted by atomic mass is 16.6. The fraction of sp³-hybridized carbons (Fsp3) is 0.300. The van der Waals surface area contributed by atoms with Gasteiger partial charge in [0.15, 0.2) is 0 Å². The summed E-state index contributed by atoms with van der Waals surface area (Å²) in [7, 11) is 0. The van der Waals surface area contributed by atoms with Crippen LogP contribution in [0.15, 0.2) is 42.5 Å². The molecule has 0 radical (unpaired) electrons. The highest BCUT2D eigenvalue weighted by molar-refractivity contribution is 5.90. The minimum atomic E-state index is -0.525.